The summed E-state index contributed by atoms with van der Waals surface area (Å²) in [6.45, 7) is 0. The highest BCUT2D eigenvalue weighted by Crippen LogP contribution is 2.23. The third-order valence-electron chi connectivity index (χ3n) is 2.26. The lowest BCUT2D eigenvalue weighted by molar-refractivity contribution is -0.104. The number of aromatic amines is 1. The van der Waals surface area contributed by atoms with Gasteiger partial charge in [-0.05, 0) is 24.3 Å². The van der Waals surface area contributed by atoms with Gasteiger partial charge in [-0.2, -0.15) is 5.26 Å². The summed E-state index contributed by atoms with van der Waals surface area (Å²) in [6.07, 6.45) is 5.15. The lowest BCUT2D eigenvalue weighted by atomic mass is 10.1. The quantitative estimate of drug-likeness (QED) is 0.616. The van der Waals surface area contributed by atoms with Crippen LogP contribution in [0.25, 0.3) is 17.0 Å². The van der Waals surface area contributed by atoms with Crippen LogP contribution < -0.4 is 0 Å². The molecule has 0 atom stereocenters. The fourth-order valence-corrected chi connectivity index (χ4v) is 1.59. The first-order chi connectivity index (χ1) is 7.76. The van der Waals surface area contributed by atoms with Crippen molar-refractivity contribution >= 4 is 23.3 Å². The maximum atomic E-state index is 13.2. The van der Waals surface area contributed by atoms with Gasteiger partial charge in [-0.15, -0.1) is 0 Å². The lowest BCUT2D eigenvalue weighted by Gasteiger charge is -1.95. The average Bonchev–Trinajstić information content (AvgIpc) is 2.68. The van der Waals surface area contributed by atoms with E-state index >= 15 is 0 Å². The highest BCUT2D eigenvalue weighted by molar-refractivity contribution is 5.93. The summed E-state index contributed by atoms with van der Waals surface area (Å²) in [4.78, 5) is 13.1. The van der Waals surface area contributed by atoms with Crippen LogP contribution in [0.15, 0.2) is 24.4 Å². The van der Waals surface area contributed by atoms with Crippen LogP contribution in [-0.4, -0.2) is 11.3 Å². The highest BCUT2D eigenvalue weighted by atomic mass is 19.1. The fraction of sp³-hybridized carbons (Fsp3) is 0. The largest absolute Gasteiger partial charge is 0.359 e. The summed E-state index contributed by atoms with van der Waals surface area (Å²) >= 11 is 0. The Kier molecular flexibility index (Phi) is 2.52. The van der Waals surface area contributed by atoms with Crippen LogP contribution in [0, 0.1) is 17.1 Å². The minimum Gasteiger partial charge on any atom is -0.359 e. The number of aromatic nitrogens is 1. The van der Waals surface area contributed by atoms with Crippen LogP contribution in [0.5, 0.6) is 0 Å². The lowest BCUT2D eigenvalue weighted by Crippen LogP contribution is -1.82. The van der Waals surface area contributed by atoms with Gasteiger partial charge in [0.2, 0.25) is 0 Å². The zero-order valence-electron chi connectivity index (χ0n) is 8.20. The van der Waals surface area contributed by atoms with E-state index in [0.29, 0.717) is 22.8 Å². The molecule has 0 unspecified atom stereocenters. The normalized spacial score (nSPS) is 10.8. The van der Waals surface area contributed by atoms with E-state index in [1.54, 1.807) is 12.3 Å². The topological polar surface area (TPSA) is 56.6 Å². The Morgan fingerprint density at radius 3 is 2.94 bits per heavy atom. The van der Waals surface area contributed by atoms with Gasteiger partial charge in [0.1, 0.15) is 18.2 Å². The Morgan fingerprint density at radius 1 is 1.44 bits per heavy atom. The molecule has 1 heterocycles. The third kappa shape index (κ3) is 1.59. The number of allylic oxidation sites excluding steroid dienone is 1. The molecule has 0 radical (unpaired) electrons. The molecule has 1 aromatic heterocycles. The number of halogens is 1. The van der Waals surface area contributed by atoms with Crippen LogP contribution in [-0.2, 0) is 4.79 Å². The molecule has 2 rings (SSSR count). The molecule has 0 fully saturated rings. The molecule has 0 bridgehead atoms. The Bertz CT molecular complexity index is 620. The van der Waals surface area contributed by atoms with Crippen molar-refractivity contribution in [2.24, 2.45) is 0 Å². The van der Waals surface area contributed by atoms with E-state index in [9.17, 15) is 9.18 Å². The molecule has 78 valence electrons. The molecule has 0 amide bonds. The highest BCUT2D eigenvalue weighted by Gasteiger charge is 2.07. The van der Waals surface area contributed by atoms with Crippen molar-refractivity contribution in [3.8, 4) is 6.07 Å². The Morgan fingerprint density at radius 2 is 2.25 bits per heavy atom. The number of hydrogen-bond acceptors (Lipinski definition) is 2. The SMILES string of the molecule is N#Cc1cc(F)cc2c(/C=C/C=O)c[nH]c12. The van der Waals surface area contributed by atoms with E-state index in [2.05, 4.69) is 4.98 Å². The summed E-state index contributed by atoms with van der Waals surface area (Å²) in [5.41, 5.74) is 1.51. The van der Waals surface area contributed by atoms with Crippen LogP contribution >= 0.6 is 0 Å². The number of fused-ring (bicyclic) bond motifs is 1. The maximum Gasteiger partial charge on any atom is 0.142 e. The smallest absolute Gasteiger partial charge is 0.142 e. The average molecular weight is 214 g/mol. The molecular formula is C12H7FN2O. The Labute approximate surface area is 90.8 Å². The number of nitrogens with zero attached hydrogens (tertiary/aromatic N) is 1. The van der Waals surface area contributed by atoms with Crippen molar-refractivity contribution in [1.82, 2.24) is 4.98 Å². The number of nitrogens with one attached hydrogen (secondary N) is 1. The van der Waals surface area contributed by atoms with E-state index in [4.69, 9.17) is 5.26 Å². The molecular weight excluding hydrogens is 207 g/mol. The second-order valence-corrected chi connectivity index (χ2v) is 3.23. The first-order valence-electron chi connectivity index (χ1n) is 4.59. The predicted octanol–water partition coefficient (Wildman–Crippen LogP) is 2.39. The third-order valence-corrected chi connectivity index (χ3v) is 2.26. The molecule has 3 nitrogen and oxygen atoms in total. The molecule has 4 heteroatoms. The molecule has 0 aliphatic rings. The summed E-state index contributed by atoms with van der Waals surface area (Å²) in [5.74, 6) is -0.468. The first kappa shape index (κ1) is 10.1. The molecule has 0 saturated carbocycles. The van der Waals surface area contributed by atoms with Crippen molar-refractivity contribution in [3.63, 3.8) is 0 Å². The molecule has 16 heavy (non-hydrogen) atoms. The van der Waals surface area contributed by atoms with Gasteiger partial charge < -0.3 is 4.98 Å². The van der Waals surface area contributed by atoms with Crippen LogP contribution in [0.2, 0.25) is 0 Å². The van der Waals surface area contributed by atoms with Gasteiger partial charge >= 0.3 is 0 Å². The first-order valence-corrected chi connectivity index (χ1v) is 4.59. The van der Waals surface area contributed by atoms with Crippen molar-refractivity contribution in [2.75, 3.05) is 0 Å². The molecule has 1 aromatic carbocycles. The van der Waals surface area contributed by atoms with Crippen molar-refractivity contribution < 1.29 is 9.18 Å². The monoisotopic (exact) mass is 214 g/mol. The Balaban J connectivity index is 2.73. The van der Waals surface area contributed by atoms with Crippen LogP contribution in [0.4, 0.5) is 4.39 Å². The minimum atomic E-state index is -0.468. The number of carbonyl (C=O) groups excluding carboxylic acids is 1. The molecule has 2 aromatic rings. The minimum absolute atomic E-state index is 0.251. The number of nitriles is 1. The van der Waals surface area contributed by atoms with Gasteiger partial charge in [-0.1, -0.05) is 0 Å². The number of carbonyl (C=O) groups is 1. The number of aldehydes is 1. The fourth-order valence-electron chi connectivity index (χ4n) is 1.59. The zero-order valence-corrected chi connectivity index (χ0v) is 8.20. The van der Waals surface area contributed by atoms with E-state index in [-0.39, 0.29) is 5.56 Å². The second kappa shape index (κ2) is 3.99. The van der Waals surface area contributed by atoms with E-state index in [1.165, 1.54) is 18.2 Å². The van der Waals surface area contributed by atoms with Crippen LogP contribution in [0.3, 0.4) is 0 Å². The van der Waals surface area contributed by atoms with Gasteiger partial charge in [0.05, 0.1) is 11.1 Å². The van der Waals surface area contributed by atoms with Gasteiger partial charge in [0.25, 0.3) is 0 Å². The number of rotatable bonds is 2. The van der Waals surface area contributed by atoms with Gasteiger partial charge in [0, 0.05) is 17.1 Å². The standard InChI is InChI=1S/C12H7FN2O/c13-10-4-9(6-14)12-11(5-10)8(7-15-12)2-1-3-16/h1-5,7,15H/b2-1+. The molecule has 1 N–H and O–H groups in total. The van der Waals surface area contributed by atoms with Gasteiger partial charge in [-0.3, -0.25) is 4.79 Å². The molecule has 0 spiro atoms. The van der Waals surface area contributed by atoms with E-state index in [1.807, 2.05) is 6.07 Å². The van der Waals surface area contributed by atoms with Crippen molar-refractivity contribution in [2.45, 2.75) is 0 Å². The Hall–Kier alpha value is -2.41. The maximum absolute atomic E-state index is 13.2. The molecule has 0 aliphatic carbocycles. The van der Waals surface area contributed by atoms with Gasteiger partial charge in [-0.25, -0.2) is 4.39 Å². The van der Waals surface area contributed by atoms with Gasteiger partial charge in [0.15, 0.2) is 0 Å². The second-order valence-electron chi connectivity index (χ2n) is 3.23. The summed E-state index contributed by atoms with van der Waals surface area (Å²) < 4.78 is 13.2. The predicted molar refractivity (Wildman–Crippen MR) is 58.1 cm³/mol. The number of hydrogen-bond donors (Lipinski definition) is 1. The van der Waals surface area contributed by atoms with E-state index in [0.717, 1.165) is 0 Å². The molecule has 0 aliphatic heterocycles. The zero-order chi connectivity index (χ0) is 11.5. The number of benzene rings is 1. The van der Waals surface area contributed by atoms with Crippen molar-refractivity contribution in [1.29, 1.82) is 5.26 Å². The molecule has 0 saturated heterocycles. The summed E-state index contributed by atoms with van der Waals surface area (Å²) in [7, 11) is 0. The summed E-state index contributed by atoms with van der Waals surface area (Å²) in [5, 5.41) is 9.43. The van der Waals surface area contributed by atoms with E-state index < -0.39 is 5.82 Å². The van der Waals surface area contributed by atoms with Crippen molar-refractivity contribution in [3.05, 3.63) is 41.3 Å². The summed E-state index contributed by atoms with van der Waals surface area (Å²) in [6, 6.07) is 4.42. The van der Waals surface area contributed by atoms with Crippen LogP contribution in [0.1, 0.15) is 11.1 Å². The number of H-pyrrole nitrogens is 1.